The Kier molecular flexibility index (Phi) is 7.38. The first kappa shape index (κ1) is 22.7. The van der Waals surface area contributed by atoms with Gasteiger partial charge in [0.25, 0.3) is 21.6 Å². The summed E-state index contributed by atoms with van der Waals surface area (Å²) in [5.41, 5.74) is 0.298. The molecule has 2 amide bonds. The van der Waals surface area contributed by atoms with Crippen LogP contribution in [0.1, 0.15) is 6.92 Å². The number of rotatable bonds is 7. The van der Waals surface area contributed by atoms with Crippen LogP contribution in [0.3, 0.4) is 0 Å². The minimum Gasteiger partial charge on any atom is -0.484 e. The molecule has 0 aliphatic carbocycles. The predicted octanol–water partition coefficient (Wildman–Crippen LogP) is 1.31. The number of amides is 2. The third kappa shape index (κ3) is 6.79. The van der Waals surface area contributed by atoms with E-state index in [1.165, 1.54) is 48.5 Å². The Labute approximate surface area is 176 Å². The number of sulfonamides is 1. The highest BCUT2D eigenvalue weighted by molar-refractivity contribution is 7.90. The van der Waals surface area contributed by atoms with Gasteiger partial charge in [0.1, 0.15) is 5.75 Å². The monoisotopic (exact) mass is 452 g/mol. The van der Waals surface area contributed by atoms with Crippen LogP contribution < -0.4 is 20.1 Å². The molecule has 0 radical (unpaired) electrons. The van der Waals surface area contributed by atoms with E-state index in [1.807, 2.05) is 4.72 Å². The van der Waals surface area contributed by atoms with Crippen LogP contribution in [0.2, 0.25) is 0 Å². The Hall–Kier alpha value is -3.58. The molecule has 2 aromatic carbocycles. The van der Waals surface area contributed by atoms with Crippen molar-refractivity contribution in [2.75, 3.05) is 11.9 Å². The summed E-state index contributed by atoms with van der Waals surface area (Å²) < 4.78 is 30.8. The lowest BCUT2D eigenvalue weighted by Crippen LogP contribution is -2.37. The number of hydrogen-bond donors (Lipinski definition) is 3. The highest BCUT2D eigenvalue weighted by Crippen LogP contribution is 2.17. The number of nitro groups is 1. The molecule has 0 aromatic heterocycles. The fraction of sp³-hybridized carbons (Fsp3) is 0.118. The van der Waals surface area contributed by atoms with Crippen LogP contribution >= 0.6 is 12.2 Å². The Morgan fingerprint density at radius 3 is 2.23 bits per heavy atom. The van der Waals surface area contributed by atoms with Gasteiger partial charge in [0, 0.05) is 24.7 Å². The van der Waals surface area contributed by atoms with Crippen LogP contribution in [-0.2, 0) is 19.6 Å². The Morgan fingerprint density at radius 1 is 1.10 bits per heavy atom. The van der Waals surface area contributed by atoms with Crippen molar-refractivity contribution in [3.63, 3.8) is 0 Å². The zero-order valence-electron chi connectivity index (χ0n) is 15.4. The van der Waals surface area contributed by atoms with Gasteiger partial charge in [-0.05, 0) is 48.6 Å². The van der Waals surface area contributed by atoms with E-state index in [0.717, 1.165) is 6.92 Å². The molecular weight excluding hydrogens is 436 g/mol. The molecule has 158 valence electrons. The molecule has 13 heteroatoms. The number of nitro benzene ring substituents is 1. The van der Waals surface area contributed by atoms with Crippen LogP contribution in [0, 0.1) is 10.1 Å². The first-order valence-corrected chi connectivity index (χ1v) is 10.1. The van der Waals surface area contributed by atoms with Crippen LogP contribution in [0.5, 0.6) is 5.75 Å². The zero-order valence-corrected chi connectivity index (χ0v) is 17.1. The molecule has 30 heavy (non-hydrogen) atoms. The number of thiocarbonyl (C=S) groups is 1. The molecule has 0 unspecified atom stereocenters. The van der Waals surface area contributed by atoms with E-state index in [4.69, 9.17) is 17.0 Å². The second-order valence-electron chi connectivity index (χ2n) is 5.73. The van der Waals surface area contributed by atoms with Crippen molar-refractivity contribution < 1.29 is 27.7 Å². The van der Waals surface area contributed by atoms with Crippen molar-refractivity contribution in [1.82, 2.24) is 10.0 Å². The summed E-state index contributed by atoms with van der Waals surface area (Å²) in [4.78, 5) is 32.7. The van der Waals surface area contributed by atoms with E-state index in [2.05, 4.69) is 10.6 Å². The number of non-ortho nitro benzene ring substituents is 1. The highest BCUT2D eigenvalue weighted by atomic mass is 32.2. The van der Waals surface area contributed by atoms with Crippen molar-refractivity contribution in [3.8, 4) is 5.75 Å². The third-order valence-electron chi connectivity index (χ3n) is 3.37. The van der Waals surface area contributed by atoms with Gasteiger partial charge in [0.05, 0.1) is 9.82 Å². The topological polar surface area (TPSA) is 157 Å². The number of hydrogen-bond acceptors (Lipinski definition) is 8. The van der Waals surface area contributed by atoms with Gasteiger partial charge in [-0.2, -0.15) is 0 Å². The number of nitrogens with zero attached hydrogens (tertiary/aromatic N) is 1. The molecule has 0 saturated heterocycles. The molecule has 0 atom stereocenters. The first-order chi connectivity index (χ1) is 14.1. The van der Waals surface area contributed by atoms with Gasteiger partial charge in [-0.3, -0.25) is 25.0 Å². The first-order valence-electron chi connectivity index (χ1n) is 8.18. The van der Waals surface area contributed by atoms with Crippen molar-refractivity contribution in [2.24, 2.45) is 0 Å². The number of anilines is 1. The fourth-order valence-corrected chi connectivity index (χ4v) is 3.33. The van der Waals surface area contributed by atoms with Gasteiger partial charge in [-0.15, -0.1) is 0 Å². The summed E-state index contributed by atoms with van der Waals surface area (Å²) in [7, 11) is -3.95. The maximum Gasteiger partial charge on any atom is 0.269 e. The number of nitrogens with one attached hydrogen (secondary N) is 3. The summed E-state index contributed by atoms with van der Waals surface area (Å²) in [5, 5.41) is 15.6. The maximum absolute atomic E-state index is 11.9. The molecule has 0 heterocycles. The van der Waals surface area contributed by atoms with E-state index in [1.54, 1.807) is 0 Å². The average molecular weight is 452 g/mol. The van der Waals surface area contributed by atoms with Gasteiger partial charge in [-0.25, -0.2) is 13.1 Å². The largest absolute Gasteiger partial charge is 0.484 e. The fourth-order valence-electron chi connectivity index (χ4n) is 2.10. The summed E-state index contributed by atoms with van der Waals surface area (Å²) in [6.45, 7) is 0.702. The van der Waals surface area contributed by atoms with Crippen LogP contribution in [0.4, 0.5) is 11.4 Å². The van der Waals surface area contributed by atoms with Gasteiger partial charge < -0.3 is 10.1 Å². The van der Waals surface area contributed by atoms with E-state index >= 15 is 0 Å². The van der Waals surface area contributed by atoms with E-state index in [-0.39, 0.29) is 28.1 Å². The second kappa shape index (κ2) is 9.76. The lowest BCUT2D eigenvalue weighted by molar-refractivity contribution is -0.384. The molecule has 0 saturated carbocycles. The molecule has 0 aliphatic rings. The molecule has 0 bridgehead atoms. The second-order valence-corrected chi connectivity index (χ2v) is 7.82. The standard InChI is InChI=1S/C17H16N4O7S2/c1-11(22)20-30(26,27)15-8-2-12(3-9-15)18-17(29)19-16(23)10-28-14-6-4-13(5-7-14)21(24)25/h2-9H,10H2,1H3,(H,20,22)(H2,18,19,23,29). The smallest absolute Gasteiger partial charge is 0.269 e. The lowest BCUT2D eigenvalue weighted by Gasteiger charge is -2.11. The Balaban J connectivity index is 1.85. The number of carbonyl (C=O) groups excluding carboxylic acids is 2. The van der Waals surface area contributed by atoms with Gasteiger partial charge >= 0.3 is 0 Å². The van der Waals surface area contributed by atoms with Crippen molar-refractivity contribution >= 4 is 50.5 Å². The molecule has 3 N–H and O–H groups in total. The maximum atomic E-state index is 11.9. The van der Waals surface area contributed by atoms with Gasteiger partial charge in [0.2, 0.25) is 5.91 Å². The number of carbonyl (C=O) groups is 2. The Bertz CT molecular complexity index is 1070. The van der Waals surface area contributed by atoms with Crippen molar-refractivity contribution in [3.05, 3.63) is 58.6 Å². The van der Waals surface area contributed by atoms with Crippen molar-refractivity contribution in [2.45, 2.75) is 11.8 Å². The quantitative estimate of drug-likeness (QED) is 0.320. The van der Waals surface area contributed by atoms with E-state index < -0.39 is 26.8 Å². The minimum atomic E-state index is -3.95. The lowest BCUT2D eigenvalue weighted by atomic mass is 10.3. The number of ether oxygens (including phenoxy) is 1. The summed E-state index contributed by atoms with van der Waals surface area (Å²) >= 11 is 5.00. The van der Waals surface area contributed by atoms with Crippen LogP contribution in [0.25, 0.3) is 0 Å². The molecule has 0 aliphatic heterocycles. The average Bonchev–Trinajstić information content (AvgIpc) is 2.66. The minimum absolute atomic E-state index is 0.0511. The molecule has 0 fully saturated rings. The molecule has 2 aromatic rings. The molecule has 11 nitrogen and oxygen atoms in total. The van der Waals surface area contributed by atoms with Gasteiger partial charge in [-0.1, -0.05) is 0 Å². The summed E-state index contributed by atoms with van der Waals surface area (Å²) in [5.74, 6) is -1.02. The molecule has 2 rings (SSSR count). The van der Waals surface area contributed by atoms with E-state index in [0.29, 0.717) is 5.69 Å². The highest BCUT2D eigenvalue weighted by Gasteiger charge is 2.15. The zero-order chi connectivity index (χ0) is 22.3. The SMILES string of the molecule is CC(=O)NS(=O)(=O)c1ccc(NC(=S)NC(=O)COc2ccc([N+](=O)[O-])cc2)cc1. The van der Waals surface area contributed by atoms with Crippen LogP contribution in [-0.4, -0.2) is 36.9 Å². The number of benzene rings is 2. The van der Waals surface area contributed by atoms with E-state index in [9.17, 15) is 28.1 Å². The van der Waals surface area contributed by atoms with Crippen LogP contribution in [0.15, 0.2) is 53.4 Å². The molecule has 0 spiro atoms. The third-order valence-corrected chi connectivity index (χ3v) is 5.02. The molecular formula is C17H16N4O7S2. The van der Waals surface area contributed by atoms with Crippen molar-refractivity contribution in [1.29, 1.82) is 0 Å². The predicted molar refractivity (Wildman–Crippen MR) is 110 cm³/mol. The van der Waals surface area contributed by atoms with Gasteiger partial charge in [0.15, 0.2) is 11.7 Å². The summed E-state index contributed by atoms with van der Waals surface area (Å²) in [6.07, 6.45) is 0. The summed E-state index contributed by atoms with van der Waals surface area (Å²) in [6, 6.07) is 10.5. The Morgan fingerprint density at radius 2 is 1.70 bits per heavy atom. The normalized spacial score (nSPS) is 10.6.